The Bertz CT molecular complexity index is 1010. The Hall–Kier alpha value is -1.30. The first kappa shape index (κ1) is 29.9. The number of aliphatic hydroxyl groups is 5. The van der Waals surface area contributed by atoms with Gasteiger partial charge >= 0.3 is 21.3 Å². The van der Waals surface area contributed by atoms with Gasteiger partial charge in [-0.05, 0) is 13.0 Å². The number of nitrogens with two attached hydrogens (primary N) is 1. The molecule has 1 aliphatic rings. The van der Waals surface area contributed by atoms with Gasteiger partial charge in [-0.3, -0.25) is 22.7 Å². The van der Waals surface area contributed by atoms with Crippen LogP contribution in [0.1, 0.15) is 13.2 Å². The van der Waals surface area contributed by atoms with Crippen molar-refractivity contribution >= 4 is 21.5 Å². The van der Waals surface area contributed by atoms with Crippen molar-refractivity contribution in [3.05, 3.63) is 22.7 Å². The van der Waals surface area contributed by atoms with Crippen molar-refractivity contribution in [3.8, 4) is 0 Å². The summed E-state index contributed by atoms with van der Waals surface area (Å²) in [5.41, 5.74) is 2.53. The maximum atomic E-state index is 12.8. The minimum Gasteiger partial charge on any atom is -0.393 e. The van der Waals surface area contributed by atoms with Gasteiger partial charge in [0.25, 0.3) is 0 Å². The third-order valence-corrected chi connectivity index (χ3v) is 8.36. The number of nitrogen functional groups attached to an aromatic ring is 1. The second-order valence-corrected chi connectivity index (χ2v) is 11.2. The van der Waals surface area contributed by atoms with E-state index in [0.717, 1.165) is 25.7 Å². The van der Waals surface area contributed by atoms with Crippen LogP contribution in [0.5, 0.6) is 0 Å². The molecule has 1 aromatic heterocycles. The molecular weight excluding hydrogens is 520 g/mol. The first-order valence-corrected chi connectivity index (χ1v) is 12.8. The van der Waals surface area contributed by atoms with Gasteiger partial charge in [0.05, 0.1) is 19.8 Å². The normalized spacial score (nSPS) is 28.7. The van der Waals surface area contributed by atoms with Crippen LogP contribution >= 0.6 is 15.6 Å². The van der Waals surface area contributed by atoms with Crippen LogP contribution in [-0.4, -0.2) is 99.1 Å². The van der Waals surface area contributed by atoms with Gasteiger partial charge in [0.15, 0.2) is 6.23 Å². The molecule has 7 N–H and O–H groups in total. The molecule has 0 amide bonds. The van der Waals surface area contributed by atoms with Crippen LogP contribution < -0.4 is 11.4 Å². The molecule has 0 radical (unpaired) electrons. The molecule has 0 bridgehead atoms. The fraction of sp³-hybridized carbons (Fsp3) is 0.750. The van der Waals surface area contributed by atoms with Gasteiger partial charge in [0.1, 0.15) is 35.8 Å². The minimum absolute atomic E-state index is 0.0744. The smallest absolute Gasteiger partial charge is 0.393 e. The number of nitrogens with zero attached hydrogens (tertiary/aromatic N) is 2. The molecule has 1 aromatic rings. The molecule has 1 saturated heterocycles. The molecule has 35 heavy (non-hydrogen) atoms. The quantitative estimate of drug-likeness (QED) is 0.147. The molecule has 0 aliphatic carbocycles. The van der Waals surface area contributed by atoms with Gasteiger partial charge in [-0.15, -0.1) is 0 Å². The van der Waals surface area contributed by atoms with E-state index >= 15 is 0 Å². The molecular formula is C16H29N3O14P2. The van der Waals surface area contributed by atoms with Crippen molar-refractivity contribution in [2.24, 2.45) is 0 Å². The van der Waals surface area contributed by atoms with Crippen molar-refractivity contribution in [2.75, 3.05) is 39.8 Å². The Labute approximate surface area is 199 Å². The van der Waals surface area contributed by atoms with Gasteiger partial charge in [-0.25, -0.2) is 13.9 Å². The summed E-state index contributed by atoms with van der Waals surface area (Å²) in [5.74, 6) is -0.0744. The van der Waals surface area contributed by atoms with Crippen molar-refractivity contribution in [3.63, 3.8) is 0 Å². The number of hydrogen-bond acceptors (Lipinski definition) is 16. The van der Waals surface area contributed by atoms with Gasteiger partial charge < -0.3 is 36.0 Å². The number of phosphoric ester groups is 2. The van der Waals surface area contributed by atoms with Crippen LogP contribution in [0.2, 0.25) is 0 Å². The molecule has 19 heteroatoms. The highest BCUT2D eigenvalue weighted by atomic mass is 31.3. The molecule has 8 atom stereocenters. The van der Waals surface area contributed by atoms with Gasteiger partial charge in [0, 0.05) is 20.4 Å². The lowest BCUT2D eigenvalue weighted by atomic mass is 10.0. The summed E-state index contributed by atoms with van der Waals surface area (Å²) in [7, 11) is -7.71. The van der Waals surface area contributed by atoms with E-state index in [1.165, 1.54) is 12.3 Å². The van der Waals surface area contributed by atoms with E-state index in [-0.39, 0.29) is 5.82 Å². The van der Waals surface area contributed by atoms with Crippen molar-refractivity contribution in [1.29, 1.82) is 0 Å². The lowest BCUT2D eigenvalue weighted by Crippen LogP contribution is -2.45. The number of ether oxygens (including phenoxy) is 1. The highest BCUT2D eigenvalue weighted by Crippen LogP contribution is 2.65. The number of hydrogen-bond donors (Lipinski definition) is 6. The van der Waals surface area contributed by atoms with E-state index in [2.05, 4.69) is 14.0 Å². The van der Waals surface area contributed by atoms with Crippen molar-refractivity contribution in [1.82, 2.24) is 9.55 Å². The van der Waals surface area contributed by atoms with Crippen LogP contribution in [0.3, 0.4) is 0 Å². The lowest BCUT2D eigenvalue weighted by Gasteiger charge is -2.28. The Balaban J connectivity index is 2.06. The second-order valence-electron chi connectivity index (χ2n) is 7.55. The average Bonchev–Trinajstić information content (AvgIpc) is 3.09. The van der Waals surface area contributed by atoms with Crippen LogP contribution in [0, 0.1) is 0 Å². The summed E-state index contributed by atoms with van der Waals surface area (Å²) in [6, 6.07) is 1.26. The predicted molar refractivity (Wildman–Crippen MR) is 115 cm³/mol. The molecule has 2 rings (SSSR count). The first-order chi connectivity index (χ1) is 16.2. The molecule has 17 nitrogen and oxygen atoms in total. The summed E-state index contributed by atoms with van der Waals surface area (Å²) < 4.78 is 55.6. The molecule has 1 aliphatic heterocycles. The predicted octanol–water partition coefficient (Wildman–Crippen LogP) is -1.89. The monoisotopic (exact) mass is 549 g/mol. The standard InChI is InChI=1S/C16H29N3O14P2/c1-16(25,8-20)10(21)7-31-35(27,29-3)33-34(26,28-2)30-6-9-12(22)13(23)14(32-9)19-5-4-11(17)18-15(19)24/h4-5,9-10,12-14,20-23,25H,6-8H2,1-3H3,(H2,17,18,24)/t9-,10-,12+,13?,14-,16+,34?,35?/m1/s1. The zero-order valence-corrected chi connectivity index (χ0v) is 20.7. The fourth-order valence-electron chi connectivity index (χ4n) is 2.67. The van der Waals surface area contributed by atoms with Crippen molar-refractivity contribution < 1.29 is 61.8 Å². The summed E-state index contributed by atoms with van der Waals surface area (Å²) >= 11 is 0. The number of aromatic nitrogens is 2. The first-order valence-electron chi connectivity index (χ1n) is 9.90. The summed E-state index contributed by atoms with van der Waals surface area (Å²) in [6.45, 7) is -1.40. The number of anilines is 1. The zero-order chi connectivity index (χ0) is 26.6. The number of phosphoric acid groups is 2. The molecule has 202 valence electrons. The summed E-state index contributed by atoms with van der Waals surface area (Å²) in [5, 5.41) is 49.2. The molecule has 0 aromatic carbocycles. The Kier molecular flexibility index (Phi) is 10.1. The largest absolute Gasteiger partial charge is 0.483 e. The highest BCUT2D eigenvalue weighted by molar-refractivity contribution is 7.62. The van der Waals surface area contributed by atoms with Gasteiger partial charge in [-0.1, -0.05) is 0 Å². The Morgan fingerprint density at radius 2 is 1.83 bits per heavy atom. The molecule has 2 heterocycles. The Morgan fingerprint density at radius 1 is 1.23 bits per heavy atom. The lowest BCUT2D eigenvalue weighted by molar-refractivity contribution is -0.107. The van der Waals surface area contributed by atoms with Crippen molar-refractivity contribution in [2.45, 2.75) is 43.2 Å². The van der Waals surface area contributed by atoms with Crippen LogP contribution in [0.15, 0.2) is 17.1 Å². The maximum absolute atomic E-state index is 12.8. The second kappa shape index (κ2) is 11.8. The molecule has 3 unspecified atom stereocenters. The molecule has 0 spiro atoms. The summed E-state index contributed by atoms with van der Waals surface area (Å²) in [6.07, 6.45) is -6.56. The third kappa shape index (κ3) is 7.36. The van der Waals surface area contributed by atoms with E-state index in [1.807, 2.05) is 0 Å². The SMILES string of the molecule is COP(=O)(OC[C@@H](O)[C@@](C)(O)CO)OP(=O)(OC)OC[C@H]1O[C@@H](n2ccc(N)nc2=O)C(O)[C@H]1O. The van der Waals surface area contributed by atoms with Gasteiger partial charge in [-0.2, -0.15) is 9.29 Å². The van der Waals surface area contributed by atoms with Crippen LogP contribution in [0.4, 0.5) is 5.82 Å². The van der Waals surface area contributed by atoms with Crippen LogP contribution in [-0.2, 0) is 36.3 Å². The Morgan fingerprint density at radius 3 is 2.37 bits per heavy atom. The maximum Gasteiger partial charge on any atom is 0.483 e. The highest BCUT2D eigenvalue weighted by Gasteiger charge is 2.47. The van der Waals surface area contributed by atoms with E-state index in [9.17, 15) is 34.4 Å². The van der Waals surface area contributed by atoms with Gasteiger partial charge in [0.2, 0.25) is 0 Å². The number of aliphatic hydroxyl groups excluding tert-OH is 4. The zero-order valence-electron chi connectivity index (χ0n) is 18.9. The van der Waals surface area contributed by atoms with E-state index in [4.69, 9.17) is 28.9 Å². The average molecular weight is 549 g/mol. The molecule has 0 saturated carbocycles. The van der Waals surface area contributed by atoms with Crippen LogP contribution in [0.25, 0.3) is 0 Å². The number of rotatable bonds is 13. The van der Waals surface area contributed by atoms with E-state index in [0.29, 0.717) is 0 Å². The molecule has 1 fully saturated rings. The van der Waals surface area contributed by atoms with E-state index in [1.54, 1.807) is 0 Å². The topological polar surface area (TPSA) is 252 Å². The van der Waals surface area contributed by atoms with E-state index < -0.39 is 77.4 Å². The summed E-state index contributed by atoms with van der Waals surface area (Å²) in [4.78, 5) is 15.5. The third-order valence-electron chi connectivity index (χ3n) is 4.94. The fourth-order valence-corrected chi connectivity index (χ4v) is 5.42. The minimum atomic E-state index is -4.73.